The summed E-state index contributed by atoms with van der Waals surface area (Å²) in [6.07, 6.45) is 2.33. The number of likely N-dealkylation sites (tertiary alicyclic amines) is 1. The molecule has 0 radical (unpaired) electrons. The summed E-state index contributed by atoms with van der Waals surface area (Å²) in [5.74, 6) is 0.748. The van der Waals surface area contributed by atoms with Gasteiger partial charge in [0, 0.05) is 25.7 Å². The van der Waals surface area contributed by atoms with Crippen LogP contribution in [0.2, 0.25) is 0 Å². The molecule has 0 spiro atoms. The number of ether oxygens (including phenoxy) is 1. The summed E-state index contributed by atoms with van der Waals surface area (Å²) in [5, 5.41) is 0. The van der Waals surface area contributed by atoms with E-state index in [1.54, 1.807) is 0 Å². The fraction of sp³-hybridized carbons (Fsp3) is 0.667. The molecule has 0 unspecified atom stereocenters. The molecule has 1 N–H and O–H groups in total. The molecule has 2 saturated heterocycles. The van der Waals surface area contributed by atoms with Gasteiger partial charge in [-0.05, 0) is 37.4 Å². The van der Waals surface area contributed by atoms with Gasteiger partial charge in [0.2, 0.25) is 0 Å². The predicted octanol–water partition coefficient (Wildman–Crippen LogP) is 1.63. The fourth-order valence-electron chi connectivity index (χ4n) is 3.54. The lowest BCUT2D eigenvalue weighted by atomic mass is 9.96. The largest absolute Gasteiger partial charge is 0.379 e. The standard InChI is InChI=1S/C18H29N3O3S/c1-16-7-9-20(10-8-16)18(17-5-3-2-4-6-17)15-19-25(22,23)21-11-13-24-14-12-21/h2-6,16,18-19H,7-15H2,1H3/t18-/m0/s1. The number of benzene rings is 1. The molecule has 0 saturated carbocycles. The average molecular weight is 368 g/mol. The highest BCUT2D eigenvalue weighted by Crippen LogP contribution is 2.26. The molecule has 2 fully saturated rings. The van der Waals surface area contributed by atoms with Gasteiger partial charge in [-0.1, -0.05) is 37.3 Å². The van der Waals surface area contributed by atoms with Crippen LogP contribution in [0.4, 0.5) is 0 Å². The lowest BCUT2D eigenvalue weighted by Crippen LogP contribution is -2.49. The Morgan fingerprint density at radius 1 is 1.12 bits per heavy atom. The van der Waals surface area contributed by atoms with Crippen LogP contribution in [-0.4, -0.2) is 63.6 Å². The smallest absolute Gasteiger partial charge is 0.279 e. The second kappa shape index (κ2) is 8.60. The predicted molar refractivity (Wildman–Crippen MR) is 98.5 cm³/mol. The van der Waals surface area contributed by atoms with Crippen molar-refractivity contribution in [2.24, 2.45) is 5.92 Å². The second-order valence-electron chi connectivity index (χ2n) is 7.01. The third kappa shape index (κ3) is 5.01. The van der Waals surface area contributed by atoms with E-state index in [4.69, 9.17) is 4.74 Å². The van der Waals surface area contributed by atoms with Crippen LogP contribution in [0.3, 0.4) is 0 Å². The molecular weight excluding hydrogens is 338 g/mol. The first-order valence-electron chi connectivity index (χ1n) is 9.18. The quantitative estimate of drug-likeness (QED) is 0.830. The van der Waals surface area contributed by atoms with Crippen LogP contribution in [0.1, 0.15) is 31.4 Å². The molecule has 6 nitrogen and oxygen atoms in total. The second-order valence-corrected chi connectivity index (χ2v) is 8.77. The first-order valence-corrected chi connectivity index (χ1v) is 10.6. The third-order valence-corrected chi connectivity index (χ3v) is 6.79. The number of piperidine rings is 1. The Balaban J connectivity index is 1.69. The number of hydrogen-bond donors (Lipinski definition) is 1. The Labute approximate surface area is 151 Å². The first kappa shape index (κ1) is 18.8. The molecule has 0 bridgehead atoms. The molecule has 140 valence electrons. The normalized spacial score (nSPS) is 22.8. The van der Waals surface area contributed by atoms with Gasteiger partial charge >= 0.3 is 0 Å². The highest BCUT2D eigenvalue weighted by molar-refractivity contribution is 7.87. The number of nitrogens with one attached hydrogen (secondary N) is 1. The number of nitrogens with zero attached hydrogens (tertiary/aromatic N) is 2. The lowest BCUT2D eigenvalue weighted by Gasteiger charge is -2.37. The fourth-order valence-corrected chi connectivity index (χ4v) is 4.72. The van der Waals surface area contributed by atoms with Crippen molar-refractivity contribution in [3.8, 4) is 0 Å². The van der Waals surface area contributed by atoms with E-state index in [-0.39, 0.29) is 6.04 Å². The maximum atomic E-state index is 12.6. The van der Waals surface area contributed by atoms with Gasteiger partial charge in [0.15, 0.2) is 0 Å². The summed E-state index contributed by atoms with van der Waals surface area (Å²) in [5.41, 5.74) is 1.17. The Kier molecular flexibility index (Phi) is 6.46. The summed E-state index contributed by atoms with van der Waals surface area (Å²) >= 11 is 0. The van der Waals surface area contributed by atoms with Crippen LogP contribution < -0.4 is 4.72 Å². The van der Waals surface area contributed by atoms with E-state index in [9.17, 15) is 8.42 Å². The van der Waals surface area contributed by atoms with E-state index in [2.05, 4.69) is 28.7 Å². The Morgan fingerprint density at radius 2 is 1.76 bits per heavy atom. The van der Waals surface area contributed by atoms with Gasteiger partial charge in [0.05, 0.1) is 13.2 Å². The highest BCUT2D eigenvalue weighted by atomic mass is 32.2. The summed E-state index contributed by atoms with van der Waals surface area (Å²) in [6.45, 7) is 6.49. The van der Waals surface area contributed by atoms with Crippen molar-refractivity contribution in [1.29, 1.82) is 0 Å². The monoisotopic (exact) mass is 367 g/mol. The zero-order valence-electron chi connectivity index (χ0n) is 14.9. The van der Waals surface area contributed by atoms with Crippen molar-refractivity contribution in [2.45, 2.75) is 25.8 Å². The maximum absolute atomic E-state index is 12.6. The Morgan fingerprint density at radius 3 is 2.40 bits per heavy atom. The van der Waals surface area contributed by atoms with Gasteiger partial charge in [-0.3, -0.25) is 4.90 Å². The highest BCUT2D eigenvalue weighted by Gasteiger charge is 2.28. The topological polar surface area (TPSA) is 61.9 Å². The molecule has 1 aromatic carbocycles. The first-order chi connectivity index (χ1) is 12.1. The molecular formula is C18H29N3O3S. The van der Waals surface area contributed by atoms with Crippen LogP contribution >= 0.6 is 0 Å². The minimum absolute atomic E-state index is 0.0736. The molecule has 3 rings (SSSR count). The molecule has 0 amide bonds. The van der Waals surface area contributed by atoms with Crippen molar-refractivity contribution in [3.63, 3.8) is 0 Å². The van der Waals surface area contributed by atoms with Crippen molar-refractivity contribution in [3.05, 3.63) is 35.9 Å². The Bertz CT molecular complexity index is 624. The number of hydrogen-bond acceptors (Lipinski definition) is 4. The van der Waals surface area contributed by atoms with Crippen molar-refractivity contribution < 1.29 is 13.2 Å². The molecule has 25 heavy (non-hydrogen) atoms. The van der Waals surface area contributed by atoms with Gasteiger partial charge < -0.3 is 4.74 Å². The minimum atomic E-state index is -3.46. The number of rotatable bonds is 6. The molecule has 1 aromatic rings. The molecule has 0 aliphatic carbocycles. The van der Waals surface area contributed by atoms with Crippen LogP contribution in [0.25, 0.3) is 0 Å². The van der Waals surface area contributed by atoms with E-state index >= 15 is 0 Å². The molecule has 2 heterocycles. The average Bonchev–Trinajstić information content (AvgIpc) is 2.65. The summed E-state index contributed by atoms with van der Waals surface area (Å²) in [4.78, 5) is 2.41. The van der Waals surface area contributed by atoms with Crippen molar-refractivity contribution in [1.82, 2.24) is 13.9 Å². The van der Waals surface area contributed by atoms with Crippen molar-refractivity contribution >= 4 is 10.2 Å². The maximum Gasteiger partial charge on any atom is 0.279 e. The van der Waals surface area contributed by atoms with Crippen LogP contribution in [0, 0.1) is 5.92 Å². The Hall–Kier alpha value is -0.990. The van der Waals surface area contributed by atoms with Gasteiger partial charge in [-0.2, -0.15) is 12.7 Å². The van der Waals surface area contributed by atoms with E-state index in [1.807, 2.05) is 18.2 Å². The summed E-state index contributed by atoms with van der Waals surface area (Å²) < 4.78 is 34.8. The zero-order valence-corrected chi connectivity index (χ0v) is 15.7. The third-order valence-electron chi connectivity index (χ3n) is 5.21. The van der Waals surface area contributed by atoms with Gasteiger partial charge in [-0.15, -0.1) is 0 Å². The SMILES string of the molecule is CC1CCN([C@@H](CNS(=O)(=O)N2CCOCC2)c2ccccc2)CC1. The molecule has 2 aliphatic heterocycles. The van der Waals surface area contributed by atoms with E-state index < -0.39 is 10.2 Å². The molecule has 2 aliphatic rings. The minimum Gasteiger partial charge on any atom is -0.379 e. The molecule has 0 aromatic heterocycles. The van der Waals surface area contributed by atoms with E-state index in [0.29, 0.717) is 32.8 Å². The summed E-state index contributed by atoms with van der Waals surface area (Å²) in [6, 6.07) is 10.3. The van der Waals surface area contributed by atoms with E-state index in [1.165, 1.54) is 22.7 Å². The van der Waals surface area contributed by atoms with Crippen LogP contribution in [0.5, 0.6) is 0 Å². The van der Waals surface area contributed by atoms with Crippen molar-refractivity contribution in [2.75, 3.05) is 45.9 Å². The molecule has 1 atom stereocenters. The van der Waals surface area contributed by atoms with E-state index in [0.717, 1.165) is 19.0 Å². The zero-order chi connectivity index (χ0) is 17.7. The van der Waals surface area contributed by atoms with Gasteiger partial charge in [0.25, 0.3) is 10.2 Å². The molecule has 7 heteroatoms. The number of morpholine rings is 1. The van der Waals surface area contributed by atoms with Crippen LogP contribution in [0.15, 0.2) is 30.3 Å². The summed E-state index contributed by atoms with van der Waals surface area (Å²) in [7, 11) is -3.46. The van der Waals surface area contributed by atoms with Gasteiger partial charge in [-0.25, -0.2) is 4.72 Å². The van der Waals surface area contributed by atoms with Gasteiger partial charge in [0.1, 0.15) is 0 Å². The lowest BCUT2D eigenvalue weighted by molar-refractivity contribution is 0.0722. The van der Waals surface area contributed by atoms with Crippen LogP contribution in [-0.2, 0) is 14.9 Å².